The lowest BCUT2D eigenvalue weighted by atomic mass is 9.80. The molecular formula is C15H22O4. The number of allylic oxidation sites excluding steroid dienone is 3. The predicted octanol–water partition coefficient (Wildman–Crippen LogP) is 2.80. The lowest BCUT2D eigenvalue weighted by Gasteiger charge is -2.25. The first-order valence-electron chi connectivity index (χ1n) is 6.11. The van der Waals surface area contributed by atoms with Crippen LogP contribution in [0, 0.1) is 5.41 Å². The standard InChI is InChI=1S/C15H22O4/c1-6-7-10-15(13(16)18-4,14(17)19-5)11-8-9-12(2)3/h6-8H,10-11H2,1-5H3/b7-6+. The zero-order valence-electron chi connectivity index (χ0n) is 12.3. The number of hydrogen-bond acceptors (Lipinski definition) is 4. The van der Waals surface area contributed by atoms with Gasteiger partial charge in [-0.3, -0.25) is 9.59 Å². The van der Waals surface area contributed by atoms with Crippen LogP contribution < -0.4 is 0 Å². The molecule has 0 rings (SSSR count). The van der Waals surface area contributed by atoms with Crippen LogP contribution in [-0.4, -0.2) is 26.2 Å². The first-order valence-corrected chi connectivity index (χ1v) is 6.11. The van der Waals surface area contributed by atoms with Crippen molar-refractivity contribution in [2.75, 3.05) is 14.2 Å². The van der Waals surface area contributed by atoms with E-state index in [2.05, 4.69) is 5.73 Å². The van der Waals surface area contributed by atoms with E-state index >= 15 is 0 Å². The van der Waals surface area contributed by atoms with Crippen molar-refractivity contribution in [2.45, 2.75) is 33.6 Å². The molecule has 4 nitrogen and oxygen atoms in total. The molecule has 0 aromatic heterocycles. The normalized spacial score (nSPS) is 10.8. The van der Waals surface area contributed by atoms with E-state index in [1.807, 2.05) is 20.8 Å². The summed E-state index contributed by atoms with van der Waals surface area (Å²) in [5.41, 5.74) is 2.62. The minimum atomic E-state index is -1.33. The molecule has 0 radical (unpaired) electrons. The van der Waals surface area contributed by atoms with Crippen LogP contribution in [-0.2, 0) is 19.1 Å². The molecule has 0 saturated carbocycles. The summed E-state index contributed by atoms with van der Waals surface area (Å²) < 4.78 is 9.53. The Hall–Kier alpha value is -1.80. The van der Waals surface area contributed by atoms with Crippen molar-refractivity contribution in [3.8, 4) is 0 Å². The minimum absolute atomic E-state index is 0.196. The number of ether oxygens (including phenoxy) is 2. The third-order valence-corrected chi connectivity index (χ3v) is 2.70. The van der Waals surface area contributed by atoms with Crippen molar-refractivity contribution >= 4 is 11.9 Å². The molecular weight excluding hydrogens is 244 g/mol. The van der Waals surface area contributed by atoms with Crippen LogP contribution >= 0.6 is 0 Å². The summed E-state index contributed by atoms with van der Waals surface area (Å²) in [6, 6.07) is 0. The van der Waals surface area contributed by atoms with Crippen molar-refractivity contribution in [2.24, 2.45) is 5.41 Å². The van der Waals surface area contributed by atoms with Crippen molar-refractivity contribution in [1.29, 1.82) is 0 Å². The summed E-state index contributed by atoms with van der Waals surface area (Å²) in [4.78, 5) is 24.0. The van der Waals surface area contributed by atoms with Gasteiger partial charge in [-0.05, 0) is 45.3 Å². The molecule has 0 fully saturated rings. The Morgan fingerprint density at radius 2 is 1.63 bits per heavy atom. The zero-order valence-corrected chi connectivity index (χ0v) is 12.3. The largest absolute Gasteiger partial charge is 0.468 e. The molecule has 0 saturated heterocycles. The molecule has 0 atom stereocenters. The number of esters is 2. The lowest BCUT2D eigenvalue weighted by Crippen LogP contribution is -2.40. The van der Waals surface area contributed by atoms with Crippen LogP contribution in [0.25, 0.3) is 0 Å². The van der Waals surface area contributed by atoms with Gasteiger partial charge in [0.25, 0.3) is 0 Å². The molecule has 0 amide bonds. The van der Waals surface area contributed by atoms with E-state index in [4.69, 9.17) is 9.47 Å². The number of carbonyl (C=O) groups excluding carboxylic acids is 2. The van der Waals surface area contributed by atoms with E-state index in [1.165, 1.54) is 14.2 Å². The van der Waals surface area contributed by atoms with E-state index < -0.39 is 17.4 Å². The maximum atomic E-state index is 12.0. The van der Waals surface area contributed by atoms with Crippen molar-refractivity contribution < 1.29 is 19.1 Å². The lowest BCUT2D eigenvalue weighted by molar-refractivity contribution is -0.168. The smallest absolute Gasteiger partial charge is 0.323 e. The van der Waals surface area contributed by atoms with Gasteiger partial charge in [0.05, 0.1) is 14.2 Å². The fourth-order valence-corrected chi connectivity index (χ4v) is 1.64. The topological polar surface area (TPSA) is 52.6 Å². The van der Waals surface area contributed by atoms with Gasteiger partial charge in [-0.15, -0.1) is 5.73 Å². The molecule has 0 aliphatic heterocycles. The van der Waals surface area contributed by atoms with Crippen LogP contribution in [0.2, 0.25) is 0 Å². The van der Waals surface area contributed by atoms with Crippen molar-refractivity contribution in [3.63, 3.8) is 0 Å². The minimum Gasteiger partial charge on any atom is -0.468 e. The quantitative estimate of drug-likeness (QED) is 0.321. The van der Waals surface area contributed by atoms with Gasteiger partial charge < -0.3 is 9.47 Å². The monoisotopic (exact) mass is 266 g/mol. The van der Waals surface area contributed by atoms with Crippen LogP contribution in [0.4, 0.5) is 0 Å². The average molecular weight is 266 g/mol. The molecule has 0 spiro atoms. The number of rotatable bonds is 6. The third-order valence-electron chi connectivity index (χ3n) is 2.70. The molecule has 0 aromatic carbocycles. The first kappa shape index (κ1) is 17.2. The summed E-state index contributed by atoms with van der Waals surface area (Å²) in [5.74, 6) is -1.19. The summed E-state index contributed by atoms with van der Waals surface area (Å²) in [7, 11) is 2.53. The van der Waals surface area contributed by atoms with Gasteiger partial charge in [0.2, 0.25) is 0 Å². The Labute approximate surface area is 114 Å². The van der Waals surface area contributed by atoms with E-state index in [0.29, 0.717) is 0 Å². The first-order chi connectivity index (χ1) is 8.94. The highest BCUT2D eigenvalue weighted by molar-refractivity contribution is 6.00. The van der Waals surface area contributed by atoms with Gasteiger partial charge in [-0.25, -0.2) is 0 Å². The summed E-state index contributed by atoms with van der Waals surface area (Å²) in [6.45, 7) is 5.60. The van der Waals surface area contributed by atoms with Gasteiger partial charge in [0.15, 0.2) is 5.41 Å². The molecule has 0 unspecified atom stereocenters. The number of methoxy groups -OCH3 is 2. The Balaban J connectivity index is 5.54. The number of hydrogen-bond donors (Lipinski definition) is 0. The molecule has 0 aliphatic rings. The van der Waals surface area contributed by atoms with Gasteiger partial charge in [0, 0.05) is 0 Å². The Bertz CT molecular complexity index is 392. The maximum absolute atomic E-state index is 12.0. The highest BCUT2D eigenvalue weighted by Gasteiger charge is 2.46. The summed E-state index contributed by atoms with van der Waals surface area (Å²) in [6.07, 6.45) is 5.65. The second-order valence-electron chi connectivity index (χ2n) is 4.39. The number of carbonyl (C=O) groups is 2. The highest BCUT2D eigenvalue weighted by atomic mass is 16.5. The second-order valence-corrected chi connectivity index (χ2v) is 4.39. The fraction of sp³-hybridized carbons (Fsp3) is 0.533. The average Bonchev–Trinajstić information content (AvgIpc) is 2.40. The van der Waals surface area contributed by atoms with E-state index in [0.717, 1.165) is 5.57 Å². The molecule has 0 bridgehead atoms. The fourth-order valence-electron chi connectivity index (χ4n) is 1.64. The molecule has 0 heterocycles. The predicted molar refractivity (Wildman–Crippen MR) is 73.5 cm³/mol. The van der Waals surface area contributed by atoms with Gasteiger partial charge in [-0.1, -0.05) is 12.2 Å². The zero-order chi connectivity index (χ0) is 14.9. The summed E-state index contributed by atoms with van der Waals surface area (Å²) in [5, 5.41) is 0. The van der Waals surface area contributed by atoms with Crippen LogP contribution in [0.15, 0.2) is 29.5 Å². The van der Waals surface area contributed by atoms with Crippen molar-refractivity contribution in [3.05, 3.63) is 29.5 Å². The van der Waals surface area contributed by atoms with Gasteiger partial charge in [0.1, 0.15) is 0 Å². The Morgan fingerprint density at radius 3 is 2.00 bits per heavy atom. The summed E-state index contributed by atoms with van der Waals surface area (Å²) >= 11 is 0. The Morgan fingerprint density at radius 1 is 1.11 bits per heavy atom. The van der Waals surface area contributed by atoms with Gasteiger partial charge in [-0.2, -0.15) is 0 Å². The molecule has 0 N–H and O–H groups in total. The maximum Gasteiger partial charge on any atom is 0.323 e. The van der Waals surface area contributed by atoms with E-state index in [9.17, 15) is 9.59 Å². The SMILES string of the molecule is C/C=C/CC(CC=C=C(C)C)(C(=O)OC)C(=O)OC. The molecule has 4 heteroatoms. The van der Waals surface area contributed by atoms with E-state index in [1.54, 1.807) is 18.2 Å². The van der Waals surface area contributed by atoms with Crippen LogP contribution in [0.3, 0.4) is 0 Å². The van der Waals surface area contributed by atoms with Crippen LogP contribution in [0.5, 0.6) is 0 Å². The molecule has 19 heavy (non-hydrogen) atoms. The molecule has 106 valence electrons. The third kappa shape index (κ3) is 4.76. The second kappa shape index (κ2) is 8.33. The van der Waals surface area contributed by atoms with Crippen molar-refractivity contribution in [1.82, 2.24) is 0 Å². The molecule has 0 aliphatic carbocycles. The van der Waals surface area contributed by atoms with E-state index in [-0.39, 0.29) is 12.8 Å². The molecule has 0 aromatic rings. The van der Waals surface area contributed by atoms with Crippen LogP contribution in [0.1, 0.15) is 33.6 Å². The van der Waals surface area contributed by atoms with Gasteiger partial charge >= 0.3 is 11.9 Å². The Kier molecular flexibility index (Phi) is 7.54. The highest BCUT2D eigenvalue weighted by Crippen LogP contribution is 2.31.